The number of hydrogen-bond donors (Lipinski definition) is 2. The van der Waals surface area contributed by atoms with E-state index in [0.29, 0.717) is 11.3 Å². The molecule has 0 radical (unpaired) electrons. The van der Waals surface area contributed by atoms with Crippen molar-refractivity contribution in [1.82, 2.24) is 5.32 Å². The third kappa shape index (κ3) is 5.23. The molecular weight excluding hydrogens is 416 g/mol. The first-order valence-corrected chi connectivity index (χ1v) is 12.1. The van der Waals surface area contributed by atoms with Crippen LogP contribution in [0.15, 0.2) is 82.6 Å². The van der Waals surface area contributed by atoms with Crippen molar-refractivity contribution < 1.29 is 13.2 Å². The highest BCUT2D eigenvalue weighted by Gasteiger charge is 2.16. The molecule has 0 aromatic heterocycles. The fourth-order valence-corrected chi connectivity index (χ4v) is 4.56. The monoisotopic (exact) mass is 440 g/mol. The van der Waals surface area contributed by atoms with Gasteiger partial charge in [-0.25, -0.2) is 8.42 Å². The first kappa shape index (κ1) is 21.9. The first-order valence-electron chi connectivity index (χ1n) is 9.43. The normalized spacial score (nSPS) is 12.2. The van der Waals surface area contributed by atoms with Crippen LogP contribution in [-0.4, -0.2) is 20.6 Å². The molecule has 0 heterocycles. The Morgan fingerprint density at radius 3 is 2.17 bits per heavy atom. The van der Waals surface area contributed by atoms with Crippen molar-refractivity contribution in [3.63, 3.8) is 0 Å². The predicted octanol–water partition coefficient (Wildman–Crippen LogP) is 5.01. The Morgan fingerprint density at radius 2 is 1.57 bits per heavy atom. The third-order valence-corrected chi connectivity index (χ3v) is 6.91. The number of aryl methyl sites for hydroxylation is 1. The van der Waals surface area contributed by atoms with Crippen LogP contribution in [0.3, 0.4) is 0 Å². The van der Waals surface area contributed by atoms with Crippen LogP contribution >= 0.6 is 11.8 Å². The summed E-state index contributed by atoms with van der Waals surface area (Å²) in [4.78, 5) is 13.7. The Hall–Kier alpha value is -2.77. The lowest BCUT2D eigenvalue weighted by Crippen LogP contribution is -2.27. The van der Waals surface area contributed by atoms with Crippen LogP contribution in [0.1, 0.15) is 34.5 Å². The molecule has 0 bridgehead atoms. The smallest absolute Gasteiger partial charge is 0.261 e. The van der Waals surface area contributed by atoms with Crippen LogP contribution in [0, 0.1) is 6.92 Å². The number of nitrogens with one attached hydrogen (secondary N) is 2. The summed E-state index contributed by atoms with van der Waals surface area (Å²) in [6.07, 6.45) is 1.93. The minimum atomic E-state index is -3.69. The molecule has 0 aliphatic carbocycles. The van der Waals surface area contributed by atoms with Crippen molar-refractivity contribution in [2.45, 2.75) is 29.7 Å². The Balaban J connectivity index is 1.68. The summed E-state index contributed by atoms with van der Waals surface area (Å²) in [5.41, 5.74) is 3.03. The SMILES string of the molecule is CSc1ccc(S(=O)(=O)Nc2ccc(C(=O)NC(C)c3ccccc3C)cc2)cc1. The van der Waals surface area contributed by atoms with Crippen LogP contribution in [0.5, 0.6) is 0 Å². The van der Waals surface area contributed by atoms with E-state index in [-0.39, 0.29) is 16.8 Å². The number of rotatable bonds is 7. The number of anilines is 1. The van der Waals surface area contributed by atoms with Crippen molar-refractivity contribution in [2.24, 2.45) is 0 Å². The summed E-state index contributed by atoms with van der Waals surface area (Å²) >= 11 is 1.55. The van der Waals surface area contributed by atoms with Crippen LogP contribution in [0.25, 0.3) is 0 Å². The van der Waals surface area contributed by atoms with E-state index in [1.165, 1.54) is 0 Å². The molecule has 0 saturated heterocycles. The van der Waals surface area contributed by atoms with Gasteiger partial charge < -0.3 is 5.32 Å². The zero-order valence-corrected chi connectivity index (χ0v) is 18.7. The molecule has 30 heavy (non-hydrogen) atoms. The molecule has 0 spiro atoms. The topological polar surface area (TPSA) is 75.3 Å². The molecule has 1 unspecified atom stereocenters. The molecule has 5 nitrogen and oxygen atoms in total. The molecule has 156 valence electrons. The van der Waals surface area contributed by atoms with Gasteiger partial charge in [-0.2, -0.15) is 0 Å². The summed E-state index contributed by atoms with van der Waals surface area (Å²) in [5.74, 6) is -0.215. The summed E-state index contributed by atoms with van der Waals surface area (Å²) in [6.45, 7) is 3.94. The quantitative estimate of drug-likeness (QED) is 0.507. The lowest BCUT2D eigenvalue weighted by atomic mass is 10.0. The van der Waals surface area contributed by atoms with Gasteiger partial charge in [0.2, 0.25) is 0 Å². The number of carbonyl (C=O) groups is 1. The van der Waals surface area contributed by atoms with Gasteiger partial charge in [0.1, 0.15) is 0 Å². The number of amides is 1. The Bertz CT molecular complexity index is 1130. The molecular formula is C23H24N2O3S2. The molecule has 7 heteroatoms. The van der Waals surface area contributed by atoms with E-state index < -0.39 is 10.0 Å². The standard InChI is InChI=1S/C23H24N2O3S2/c1-16-6-4-5-7-22(16)17(2)24-23(26)18-8-10-19(11-9-18)25-30(27,28)21-14-12-20(29-3)13-15-21/h4-15,17,25H,1-3H3,(H,24,26). The zero-order valence-electron chi connectivity index (χ0n) is 17.0. The highest BCUT2D eigenvalue weighted by molar-refractivity contribution is 7.98. The summed E-state index contributed by atoms with van der Waals surface area (Å²) in [5, 5.41) is 2.98. The van der Waals surface area contributed by atoms with E-state index in [1.54, 1.807) is 60.3 Å². The minimum Gasteiger partial charge on any atom is -0.346 e. The molecule has 1 amide bonds. The van der Waals surface area contributed by atoms with Gasteiger partial charge in [-0.1, -0.05) is 24.3 Å². The highest BCUT2D eigenvalue weighted by atomic mass is 32.2. The first-order chi connectivity index (χ1) is 14.3. The molecule has 1 atom stereocenters. The van der Waals surface area contributed by atoms with Gasteiger partial charge in [0, 0.05) is 16.1 Å². The molecule has 3 rings (SSSR count). The van der Waals surface area contributed by atoms with E-state index in [9.17, 15) is 13.2 Å². The number of thioether (sulfide) groups is 1. The maximum Gasteiger partial charge on any atom is 0.261 e. The molecule has 0 aliphatic rings. The van der Waals surface area contributed by atoms with E-state index in [4.69, 9.17) is 0 Å². The van der Waals surface area contributed by atoms with E-state index >= 15 is 0 Å². The number of benzene rings is 3. The minimum absolute atomic E-state index is 0.138. The lowest BCUT2D eigenvalue weighted by Gasteiger charge is -2.17. The summed E-state index contributed by atoms with van der Waals surface area (Å²) < 4.78 is 27.7. The number of sulfonamides is 1. The molecule has 0 aliphatic heterocycles. The maximum atomic E-state index is 12.6. The van der Waals surface area contributed by atoms with Crippen molar-refractivity contribution in [3.8, 4) is 0 Å². The van der Waals surface area contributed by atoms with Crippen molar-refractivity contribution in [1.29, 1.82) is 0 Å². The third-order valence-electron chi connectivity index (χ3n) is 4.77. The zero-order chi connectivity index (χ0) is 21.7. The fraction of sp³-hybridized carbons (Fsp3) is 0.174. The van der Waals surface area contributed by atoms with E-state index in [2.05, 4.69) is 10.0 Å². The van der Waals surface area contributed by atoms with Gasteiger partial charge in [0.15, 0.2) is 0 Å². The van der Waals surface area contributed by atoms with Gasteiger partial charge in [-0.05, 0) is 79.8 Å². The average molecular weight is 441 g/mol. The van der Waals surface area contributed by atoms with E-state index in [1.807, 2.05) is 44.4 Å². The Kier molecular flexibility index (Phi) is 6.84. The largest absolute Gasteiger partial charge is 0.346 e. The second-order valence-corrected chi connectivity index (χ2v) is 9.47. The molecule has 0 saturated carbocycles. The second kappa shape index (κ2) is 9.36. The summed E-state index contributed by atoms with van der Waals surface area (Å²) in [6, 6.07) is 20.8. The Morgan fingerprint density at radius 1 is 0.933 bits per heavy atom. The van der Waals surface area contributed by atoms with Gasteiger partial charge in [-0.15, -0.1) is 11.8 Å². The molecule has 3 aromatic carbocycles. The molecule has 0 fully saturated rings. The number of hydrogen-bond acceptors (Lipinski definition) is 4. The van der Waals surface area contributed by atoms with Crippen LogP contribution < -0.4 is 10.0 Å². The van der Waals surface area contributed by atoms with Crippen LogP contribution in [0.2, 0.25) is 0 Å². The predicted molar refractivity (Wildman–Crippen MR) is 123 cm³/mol. The van der Waals surface area contributed by atoms with Crippen molar-refractivity contribution in [2.75, 3.05) is 11.0 Å². The fourth-order valence-electron chi connectivity index (χ4n) is 3.09. The van der Waals surface area contributed by atoms with Crippen LogP contribution in [-0.2, 0) is 10.0 Å². The average Bonchev–Trinajstić information content (AvgIpc) is 2.74. The maximum absolute atomic E-state index is 12.6. The van der Waals surface area contributed by atoms with Crippen LogP contribution in [0.4, 0.5) is 5.69 Å². The molecule has 3 aromatic rings. The van der Waals surface area contributed by atoms with Crippen molar-refractivity contribution >= 4 is 33.4 Å². The summed E-state index contributed by atoms with van der Waals surface area (Å²) in [7, 11) is -3.69. The van der Waals surface area contributed by atoms with E-state index in [0.717, 1.165) is 16.0 Å². The Labute approximate surface area is 182 Å². The van der Waals surface area contributed by atoms with Gasteiger partial charge in [-0.3, -0.25) is 9.52 Å². The van der Waals surface area contributed by atoms with Crippen molar-refractivity contribution in [3.05, 3.63) is 89.5 Å². The molecule has 2 N–H and O–H groups in total. The van der Waals surface area contributed by atoms with Gasteiger partial charge >= 0.3 is 0 Å². The van der Waals surface area contributed by atoms with Gasteiger partial charge in [0.05, 0.1) is 10.9 Å². The lowest BCUT2D eigenvalue weighted by molar-refractivity contribution is 0.0940. The van der Waals surface area contributed by atoms with Gasteiger partial charge in [0.25, 0.3) is 15.9 Å². The second-order valence-electron chi connectivity index (χ2n) is 6.91. The number of carbonyl (C=O) groups excluding carboxylic acids is 1. The highest BCUT2D eigenvalue weighted by Crippen LogP contribution is 2.21.